The first-order valence-electron chi connectivity index (χ1n) is 5.60. The van der Waals surface area contributed by atoms with E-state index in [1.165, 1.54) is 0 Å². The second-order valence-electron chi connectivity index (χ2n) is 4.27. The van der Waals surface area contributed by atoms with Crippen molar-refractivity contribution in [2.24, 2.45) is 0 Å². The molecule has 0 aliphatic carbocycles. The van der Waals surface area contributed by atoms with Crippen molar-refractivity contribution < 1.29 is 4.79 Å². The molecule has 1 aromatic rings. The van der Waals surface area contributed by atoms with E-state index in [9.17, 15) is 4.79 Å². The van der Waals surface area contributed by atoms with E-state index in [4.69, 9.17) is 5.26 Å². The Bertz CT molecular complexity index is 516. The summed E-state index contributed by atoms with van der Waals surface area (Å²) in [6.45, 7) is 1.98. The van der Waals surface area contributed by atoms with Crippen molar-refractivity contribution in [2.75, 3.05) is 29.9 Å². The lowest BCUT2D eigenvalue weighted by Gasteiger charge is -2.41. The van der Waals surface area contributed by atoms with Gasteiger partial charge in [0.2, 0.25) is 5.91 Å². The molecule has 2 aliphatic rings. The zero-order chi connectivity index (χ0) is 11.8. The molecular weight excluding hydrogens is 216 g/mol. The second-order valence-corrected chi connectivity index (χ2v) is 4.27. The molecular formula is C12H12N4O. The minimum absolute atomic E-state index is 0.0914. The SMILES string of the molecule is N#Cc1ccc2c(c1)NCC(=O)N2C1CNC1. The topological polar surface area (TPSA) is 68.2 Å². The minimum Gasteiger partial charge on any atom is -0.374 e. The van der Waals surface area contributed by atoms with Gasteiger partial charge in [0.1, 0.15) is 0 Å². The fraction of sp³-hybridized carbons (Fsp3) is 0.333. The van der Waals surface area contributed by atoms with Gasteiger partial charge in [0.15, 0.2) is 0 Å². The predicted octanol–water partition coefficient (Wildman–Crippen LogP) is 0.289. The molecule has 86 valence electrons. The number of benzene rings is 1. The van der Waals surface area contributed by atoms with Crippen LogP contribution in [0.25, 0.3) is 0 Å². The van der Waals surface area contributed by atoms with Crippen LogP contribution in [0.5, 0.6) is 0 Å². The summed E-state index contributed by atoms with van der Waals surface area (Å²) in [6, 6.07) is 7.74. The van der Waals surface area contributed by atoms with Gasteiger partial charge in [-0.25, -0.2) is 0 Å². The maximum absolute atomic E-state index is 11.9. The van der Waals surface area contributed by atoms with Crippen molar-refractivity contribution in [3.05, 3.63) is 23.8 Å². The molecule has 0 spiro atoms. The third-order valence-corrected chi connectivity index (χ3v) is 3.21. The summed E-state index contributed by atoms with van der Waals surface area (Å²) in [5.41, 5.74) is 2.36. The van der Waals surface area contributed by atoms with Crippen LogP contribution < -0.4 is 15.5 Å². The maximum atomic E-state index is 11.9. The number of hydrogen-bond donors (Lipinski definition) is 2. The molecule has 3 rings (SSSR count). The number of nitrogens with one attached hydrogen (secondary N) is 2. The molecule has 2 N–H and O–H groups in total. The minimum atomic E-state index is 0.0914. The predicted molar refractivity (Wildman–Crippen MR) is 63.8 cm³/mol. The van der Waals surface area contributed by atoms with Crippen LogP contribution in [0, 0.1) is 11.3 Å². The zero-order valence-electron chi connectivity index (χ0n) is 9.23. The average molecular weight is 228 g/mol. The molecule has 5 nitrogen and oxygen atoms in total. The summed E-state index contributed by atoms with van der Waals surface area (Å²) >= 11 is 0. The quantitative estimate of drug-likeness (QED) is 0.725. The van der Waals surface area contributed by atoms with Gasteiger partial charge in [-0.15, -0.1) is 0 Å². The van der Waals surface area contributed by atoms with Gasteiger partial charge in [-0.1, -0.05) is 0 Å². The van der Waals surface area contributed by atoms with Gasteiger partial charge in [0.25, 0.3) is 0 Å². The van der Waals surface area contributed by atoms with E-state index >= 15 is 0 Å². The number of carbonyl (C=O) groups excluding carboxylic acids is 1. The van der Waals surface area contributed by atoms with Gasteiger partial charge < -0.3 is 15.5 Å². The van der Waals surface area contributed by atoms with Crippen LogP contribution in [-0.4, -0.2) is 31.6 Å². The molecule has 0 unspecified atom stereocenters. The van der Waals surface area contributed by atoms with Crippen LogP contribution in [0.1, 0.15) is 5.56 Å². The van der Waals surface area contributed by atoms with Crippen LogP contribution in [0.2, 0.25) is 0 Å². The van der Waals surface area contributed by atoms with E-state index in [1.807, 2.05) is 11.0 Å². The van der Waals surface area contributed by atoms with Gasteiger partial charge in [0.05, 0.1) is 35.6 Å². The average Bonchev–Trinajstić information content (AvgIpc) is 2.30. The van der Waals surface area contributed by atoms with Crippen LogP contribution >= 0.6 is 0 Å². The highest BCUT2D eigenvalue weighted by atomic mass is 16.2. The number of anilines is 2. The Kier molecular flexibility index (Phi) is 2.23. The van der Waals surface area contributed by atoms with E-state index in [0.717, 1.165) is 24.5 Å². The molecule has 1 aromatic carbocycles. The first-order valence-corrected chi connectivity index (χ1v) is 5.60. The number of rotatable bonds is 1. The molecule has 0 saturated carbocycles. The lowest BCUT2D eigenvalue weighted by atomic mass is 10.0. The van der Waals surface area contributed by atoms with E-state index in [0.29, 0.717) is 12.1 Å². The number of hydrogen-bond acceptors (Lipinski definition) is 4. The number of carbonyl (C=O) groups is 1. The van der Waals surface area contributed by atoms with Crippen molar-refractivity contribution in [3.8, 4) is 6.07 Å². The van der Waals surface area contributed by atoms with Crippen molar-refractivity contribution in [1.82, 2.24) is 5.32 Å². The van der Waals surface area contributed by atoms with Gasteiger partial charge >= 0.3 is 0 Å². The van der Waals surface area contributed by atoms with Crippen LogP contribution in [-0.2, 0) is 4.79 Å². The molecule has 0 atom stereocenters. The number of nitriles is 1. The normalized spacial score (nSPS) is 19.0. The van der Waals surface area contributed by atoms with Gasteiger partial charge in [-0.05, 0) is 18.2 Å². The van der Waals surface area contributed by atoms with Gasteiger partial charge in [-0.3, -0.25) is 4.79 Å². The molecule has 2 heterocycles. The summed E-state index contributed by atoms with van der Waals surface area (Å²) in [7, 11) is 0. The first kappa shape index (κ1) is 10.1. The Labute approximate surface area is 99.0 Å². The summed E-state index contributed by atoms with van der Waals surface area (Å²) in [5, 5.41) is 15.1. The maximum Gasteiger partial charge on any atom is 0.246 e. The van der Waals surface area contributed by atoms with Gasteiger partial charge in [-0.2, -0.15) is 5.26 Å². The third-order valence-electron chi connectivity index (χ3n) is 3.21. The molecule has 2 aliphatic heterocycles. The fourth-order valence-corrected chi connectivity index (χ4v) is 2.20. The first-order chi connectivity index (χ1) is 8.29. The third kappa shape index (κ3) is 1.54. The molecule has 17 heavy (non-hydrogen) atoms. The van der Waals surface area contributed by atoms with Crippen LogP contribution in [0.3, 0.4) is 0 Å². The Balaban J connectivity index is 2.02. The molecule has 0 bridgehead atoms. The van der Waals surface area contributed by atoms with Gasteiger partial charge in [0, 0.05) is 13.1 Å². The Hall–Kier alpha value is -2.06. The van der Waals surface area contributed by atoms with E-state index in [1.54, 1.807) is 12.1 Å². The number of fused-ring (bicyclic) bond motifs is 1. The summed E-state index contributed by atoms with van der Waals surface area (Å²) in [4.78, 5) is 13.8. The molecule has 1 fully saturated rings. The highest BCUT2D eigenvalue weighted by molar-refractivity contribution is 6.03. The van der Waals surface area contributed by atoms with E-state index < -0.39 is 0 Å². The van der Waals surface area contributed by atoms with Crippen molar-refractivity contribution in [1.29, 1.82) is 5.26 Å². The van der Waals surface area contributed by atoms with Crippen molar-refractivity contribution in [2.45, 2.75) is 6.04 Å². The molecule has 0 aromatic heterocycles. The number of amides is 1. The largest absolute Gasteiger partial charge is 0.374 e. The smallest absolute Gasteiger partial charge is 0.246 e. The molecule has 5 heteroatoms. The Morgan fingerprint density at radius 2 is 2.24 bits per heavy atom. The Morgan fingerprint density at radius 3 is 2.88 bits per heavy atom. The lowest BCUT2D eigenvalue weighted by Crippen LogP contribution is -2.61. The van der Waals surface area contributed by atoms with Crippen LogP contribution in [0.15, 0.2) is 18.2 Å². The summed E-state index contributed by atoms with van der Waals surface area (Å²) in [6.07, 6.45) is 0. The van der Waals surface area contributed by atoms with Crippen LogP contribution in [0.4, 0.5) is 11.4 Å². The summed E-state index contributed by atoms with van der Waals surface area (Å²) in [5.74, 6) is 0.0914. The monoisotopic (exact) mass is 228 g/mol. The highest BCUT2D eigenvalue weighted by Gasteiger charge is 2.33. The Morgan fingerprint density at radius 1 is 1.41 bits per heavy atom. The van der Waals surface area contributed by atoms with Crippen molar-refractivity contribution in [3.63, 3.8) is 0 Å². The fourth-order valence-electron chi connectivity index (χ4n) is 2.20. The molecule has 1 saturated heterocycles. The van der Waals surface area contributed by atoms with E-state index in [2.05, 4.69) is 16.7 Å². The number of nitrogens with zero attached hydrogens (tertiary/aromatic N) is 2. The van der Waals surface area contributed by atoms with E-state index in [-0.39, 0.29) is 11.9 Å². The lowest BCUT2D eigenvalue weighted by molar-refractivity contribution is -0.117. The standard InChI is InChI=1S/C12H12N4O/c13-4-8-1-2-11-10(3-8)15-7-12(17)16(11)9-5-14-6-9/h1-3,9,14-15H,5-7H2. The molecule has 1 amide bonds. The highest BCUT2D eigenvalue weighted by Crippen LogP contribution is 2.32. The summed E-state index contributed by atoms with van der Waals surface area (Å²) < 4.78 is 0. The van der Waals surface area contributed by atoms with Crippen molar-refractivity contribution >= 4 is 17.3 Å². The second kappa shape index (κ2) is 3.75. The molecule has 0 radical (unpaired) electrons. The zero-order valence-corrected chi connectivity index (χ0v) is 9.23.